The van der Waals surface area contributed by atoms with Crippen LogP contribution in [0.25, 0.3) is 0 Å². The van der Waals surface area contributed by atoms with Crippen LogP contribution in [-0.4, -0.2) is 4.33 Å². The highest BCUT2D eigenvalue weighted by Gasteiger charge is 2.63. The fourth-order valence-electron chi connectivity index (χ4n) is 1.63. The van der Waals surface area contributed by atoms with Gasteiger partial charge in [-0.15, -0.1) is 23.2 Å². The first kappa shape index (κ1) is 9.36. The Kier molecular flexibility index (Phi) is 1.91. The summed E-state index contributed by atoms with van der Waals surface area (Å²) in [6, 6.07) is 8.43. The van der Waals surface area contributed by atoms with Gasteiger partial charge in [0.1, 0.15) is 4.33 Å². The molecule has 1 aliphatic carbocycles. The van der Waals surface area contributed by atoms with Gasteiger partial charge in [-0.05, 0) is 18.9 Å². The lowest BCUT2D eigenvalue weighted by Crippen LogP contribution is -2.09. The third-order valence-corrected chi connectivity index (χ3v) is 4.05. The molecule has 2 heteroatoms. The number of halogens is 2. The number of hydrogen-bond donors (Lipinski definition) is 0. The van der Waals surface area contributed by atoms with Crippen LogP contribution in [0.3, 0.4) is 0 Å². The highest BCUT2D eigenvalue weighted by molar-refractivity contribution is 6.52. The molecule has 1 saturated carbocycles. The number of rotatable bonds is 1. The molecule has 0 radical (unpaired) electrons. The molecular weight excluding hydrogens is 203 g/mol. The molecule has 0 aromatic heterocycles. The largest absolute Gasteiger partial charge is 0.128 e. The topological polar surface area (TPSA) is 0 Å². The summed E-state index contributed by atoms with van der Waals surface area (Å²) in [7, 11) is 0. The molecule has 1 unspecified atom stereocenters. The van der Waals surface area contributed by atoms with Crippen molar-refractivity contribution >= 4 is 23.2 Å². The van der Waals surface area contributed by atoms with Crippen molar-refractivity contribution in [1.82, 2.24) is 0 Å². The van der Waals surface area contributed by atoms with Gasteiger partial charge in [0.25, 0.3) is 0 Å². The maximum atomic E-state index is 6.09. The molecule has 0 amide bonds. The van der Waals surface area contributed by atoms with Gasteiger partial charge in [-0.3, -0.25) is 0 Å². The van der Waals surface area contributed by atoms with E-state index < -0.39 is 4.33 Å². The van der Waals surface area contributed by atoms with E-state index in [0.717, 1.165) is 6.42 Å². The molecule has 0 spiro atoms. The molecular formula is C11H12Cl2. The van der Waals surface area contributed by atoms with Crippen molar-refractivity contribution in [2.45, 2.75) is 30.0 Å². The fourth-order valence-corrected chi connectivity index (χ4v) is 2.39. The summed E-state index contributed by atoms with van der Waals surface area (Å²) in [5.41, 5.74) is 2.47. The molecule has 0 heterocycles. The van der Waals surface area contributed by atoms with Crippen LogP contribution in [0.4, 0.5) is 0 Å². The quantitative estimate of drug-likeness (QED) is 0.624. The summed E-state index contributed by atoms with van der Waals surface area (Å²) in [5.74, 6) is 0. The van der Waals surface area contributed by atoms with Gasteiger partial charge in [0, 0.05) is 5.41 Å². The van der Waals surface area contributed by atoms with Gasteiger partial charge in [0.15, 0.2) is 0 Å². The predicted molar refractivity (Wildman–Crippen MR) is 57.6 cm³/mol. The van der Waals surface area contributed by atoms with Crippen LogP contribution in [0.2, 0.25) is 0 Å². The third kappa shape index (κ3) is 1.37. The van der Waals surface area contributed by atoms with Crippen molar-refractivity contribution in [2.75, 3.05) is 0 Å². The Labute approximate surface area is 88.9 Å². The van der Waals surface area contributed by atoms with Crippen molar-refractivity contribution in [2.24, 2.45) is 0 Å². The van der Waals surface area contributed by atoms with E-state index >= 15 is 0 Å². The van der Waals surface area contributed by atoms with E-state index in [9.17, 15) is 0 Å². The second-order valence-electron chi connectivity index (χ2n) is 4.08. The van der Waals surface area contributed by atoms with Crippen molar-refractivity contribution in [3.63, 3.8) is 0 Å². The van der Waals surface area contributed by atoms with Crippen LogP contribution < -0.4 is 0 Å². The van der Waals surface area contributed by atoms with Crippen molar-refractivity contribution in [1.29, 1.82) is 0 Å². The van der Waals surface area contributed by atoms with E-state index in [4.69, 9.17) is 23.2 Å². The molecule has 0 nitrogen and oxygen atoms in total. The van der Waals surface area contributed by atoms with Gasteiger partial charge >= 0.3 is 0 Å². The van der Waals surface area contributed by atoms with Crippen LogP contribution in [0.15, 0.2) is 24.3 Å². The zero-order valence-electron chi connectivity index (χ0n) is 7.77. The molecule has 1 aliphatic rings. The summed E-state index contributed by atoms with van der Waals surface area (Å²) < 4.78 is -0.553. The van der Waals surface area contributed by atoms with Gasteiger partial charge in [0.05, 0.1) is 0 Å². The zero-order chi connectivity index (χ0) is 9.69. The minimum atomic E-state index is -0.553. The average molecular weight is 215 g/mol. The average Bonchev–Trinajstić information content (AvgIpc) is 2.53. The van der Waals surface area contributed by atoms with Gasteiger partial charge in [-0.2, -0.15) is 0 Å². The Morgan fingerprint density at radius 3 is 2.00 bits per heavy atom. The van der Waals surface area contributed by atoms with Gasteiger partial charge in [-0.25, -0.2) is 0 Å². The number of alkyl halides is 2. The van der Waals surface area contributed by atoms with E-state index in [1.165, 1.54) is 11.1 Å². The lowest BCUT2D eigenvalue weighted by Gasteiger charge is -2.12. The Bertz CT molecular complexity index is 326. The Morgan fingerprint density at radius 2 is 1.62 bits per heavy atom. The fraction of sp³-hybridized carbons (Fsp3) is 0.455. The SMILES string of the molecule is Cc1ccc(C2(C)CC2(Cl)Cl)cc1. The molecule has 0 bridgehead atoms. The molecule has 1 fully saturated rings. The first-order valence-electron chi connectivity index (χ1n) is 4.41. The maximum Gasteiger partial charge on any atom is 0.128 e. The predicted octanol–water partition coefficient (Wildman–Crippen LogP) is 3.83. The van der Waals surface area contributed by atoms with E-state index in [1.807, 2.05) is 0 Å². The molecule has 13 heavy (non-hydrogen) atoms. The summed E-state index contributed by atoms with van der Waals surface area (Å²) >= 11 is 12.2. The van der Waals surface area contributed by atoms with Gasteiger partial charge < -0.3 is 0 Å². The molecule has 70 valence electrons. The summed E-state index contributed by atoms with van der Waals surface area (Å²) in [4.78, 5) is 0. The van der Waals surface area contributed by atoms with Crippen LogP contribution in [0.5, 0.6) is 0 Å². The minimum absolute atomic E-state index is 0.0379. The Morgan fingerprint density at radius 1 is 1.15 bits per heavy atom. The molecule has 0 saturated heterocycles. The second kappa shape index (κ2) is 2.65. The van der Waals surface area contributed by atoms with Crippen molar-refractivity contribution in [3.8, 4) is 0 Å². The van der Waals surface area contributed by atoms with Crippen LogP contribution in [0, 0.1) is 6.92 Å². The van der Waals surface area contributed by atoms with E-state index in [2.05, 4.69) is 38.1 Å². The van der Waals surface area contributed by atoms with Crippen LogP contribution >= 0.6 is 23.2 Å². The number of hydrogen-bond acceptors (Lipinski definition) is 0. The molecule has 1 atom stereocenters. The van der Waals surface area contributed by atoms with Gasteiger partial charge in [-0.1, -0.05) is 36.8 Å². The van der Waals surface area contributed by atoms with E-state index in [0.29, 0.717) is 0 Å². The molecule has 1 aromatic carbocycles. The minimum Gasteiger partial charge on any atom is -0.101 e. The number of benzene rings is 1. The lowest BCUT2D eigenvalue weighted by molar-refractivity contribution is 0.774. The smallest absolute Gasteiger partial charge is 0.101 e. The normalized spacial score (nSPS) is 30.2. The summed E-state index contributed by atoms with van der Waals surface area (Å²) in [6.45, 7) is 4.19. The first-order valence-corrected chi connectivity index (χ1v) is 5.16. The standard InChI is InChI=1S/C11H12Cl2/c1-8-3-5-9(6-4-8)10(2)7-11(10,12)13/h3-6H,7H2,1-2H3. The summed E-state index contributed by atoms with van der Waals surface area (Å²) in [5, 5.41) is 0. The molecule has 0 aliphatic heterocycles. The Balaban J connectivity index is 2.34. The van der Waals surface area contributed by atoms with Crippen molar-refractivity contribution in [3.05, 3.63) is 35.4 Å². The van der Waals surface area contributed by atoms with E-state index in [1.54, 1.807) is 0 Å². The molecule has 0 N–H and O–H groups in total. The van der Waals surface area contributed by atoms with Crippen molar-refractivity contribution < 1.29 is 0 Å². The second-order valence-corrected chi connectivity index (χ2v) is 5.56. The molecule has 2 rings (SSSR count). The Hall–Kier alpha value is -0.200. The van der Waals surface area contributed by atoms with Gasteiger partial charge in [0.2, 0.25) is 0 Å². The van der Waals surface area contributed by atoms with Crippen LogP contribution in [0.1, 0.15) is 24.5 Å². The maximum absolute atomic E-state index is 6.09. The third-order valence-electron chi connectivity index (χ3n) is 2.95. The monoisotopic (exact) mass is 214 g/mol. The number of aryl methyl sites for hydroxylation is 1. The zero-order valence-corrected chi connectivity index (χ0v) is 9.28. The highest BCUT2D eigenvalue weighted by atomic mass is 35.5. The summed E-state index contributed by atoms with van der Waals surface area (Å²) in [6.07, 6.45) is 0.853. The molecule has 1 aromatic rings. The highest BCUT2D eigenvalue weighted by Crippen LogP contribution is 2.64. The van der Waals surface area contributed by atoms with Crippen LogP contribution in [-0.2, 0) is 5.41 Å². The first-order chi connectivity index (χ1) is 5.96. The lowest BCUT2D eigenvalue weighted by atomic mass is 9.97. The van der Waals surface area contributed by atoms with E-state index in [-0.39, 0.29) is 5.41 Å².